The third kappa shape index (κ3) is 3.91. The molecule has 3 aliphatic heterocycles. The van der Waals surface area contributed by atoms with Crippen LogP contribution in [0.15, 0.2) is 29.2 Å². The highest BCUT2D eigenvalue weighted by atomic mass is 32.2. The fourth-order valence-electron chi connectivity index (χ4n) is 4.23. The van der Waals surface area contributed by atoms with Crippen molar-refractivity contribution in [3.8, 4) is 0 Å². The summed E-state index contributed by atoms with van der Waals surface area (Å²) in [6, 6.07) is 8.30. The van der Waals surface area contributed by atoms with Gasteiger partial charge < -0.3 is 15.5 Å². The van der Waals surface area contributed by atoms with Crippen molar-refractivity contribution in [3.05, 3.63) is 29.8 Å². The predicted octanol–water partition coefficient (Wildman–Crippen LogP) is 1.81. The Hall–Kier alpha value is -1.53. The lowest BCUT2D eigenvalue weighted by Gasteiger charge is -2.34. The van der Waals surface area contributed by atoms with Gasteiger partial charge in [-0.15, -0.1) is 11.8 Å². The average Bonchev–Trinajstić information content (AvgIpc) is 3.35. The molecule has 5 nitrogen and oxygen atoms in total. The van der Waals surface area contributed by atoms with Gasteiger partial charge in [-0.3, -0.25) is 9.59 Å². The first-order chi connectivity index (χ1) is 12.7. The quantitative estimate of drug-likeness (QED) is 0.845. The molecule has 0 saturated carbocycles. The lowest BCUT2D eigenvalue weighted by Crippen LogP contribution is -2.48. The van der Waals surface area contributed by atoms with E-state index in [0.29, 0.717) is 12.5 Å². The number of carbonyl (C=O) groups is 2. The maximum Gasteiger partial charge on any atom is 0.237 e. The Morgan fingerprint density at radius 1 is 1.23 bits per heavy atom. The predicted molar refractivity (Wildman–Crippen MR) is 103 cm³/mol. The lowest BCUT2D eigenvalue weighted by atomic mass is 9.97. The van der Waals surface area contributed by atoms with Crippen molar-refractivity contribution in [2.24, 2.45) is 5.92 Å². The molecule has 0 aliphatic carbocycles. The van der Waals surface area contributed by atoms with Crippen molar-refractivity contribution in [2.45, 2.75) is 48.3 Å². The van der Waals surface area contributed by atoms with Gasteiger partial charge in [0.2, 0.25) is 11.8 Å². The second-order valence-electron chi connectivity index (χ2n) is 7.60. The molecule has 0 aromatic heterocycles. The zero-order valence-corrected chi connectivity index (χ0v) is 15.9. The molecule has 4 rings (SSSR count). The van der Waals surface area contributed by atoms with E-state index in [0.717, 1.165) is 51.7 Å². The van der Waals surface area contributed by atoms with Gasteiger partial charge in [0.15, 0.2) is 0 Å². The van der Waals surface area contributed by atoms with Crippen molar-refractivity contribution in [1.29, 1.82) is 0 Å². The van der Waals surface area contributed by atoms with Gasteiger partial charge in [0.05, 0.1) is 11.3 Å². The van der Waals surface area contributed by atoms with Crippen LogP contribution in [0.1, 0.15) is 31.2 Å². The number of likely N-dealkylation sites (tertiary alicyclic amines) is 1. The van der Waals surface area contributed by atoms with Crippen LogP contribution < -0.4 is 10.6 Å². The van der Waals surface area contributed by atoms with Crippen molar-refractivity contribution >= 4 is 23.6 Å². The first-order valence-electron chi connectivity index (χ1n) is 9.75. The Bertz CT molecular complexity index is 650. The molecular weight excluding hydrogens is 346 g/mol. The average molecular weight is 374 g/mol. The van der Waals surface area contributed by atoms with Gasteiger partial charge in [0.25, 0.3) is 0 Å². The van der Waals surface area contributed by atoms with Crippen molar-refractivity contribution in [3.63, 3.8) is 0 Å². The molecule has 0 spiro atoms. The van der Waals surface area contributed by atoms with E-state index in [-0.39, 0.29) is 23.1 Å². The van der Waals surface area contributed by atoms with E-state index in [1.54, 1.807) is 11.8 Å². The second kappa shape index (κ2) is 8.01. The second-order valence-corrected chi connectivity index (χ2v) is 8.85. The van der Waals surface area contributed by atoms with E-state index in [2.05, 4.69) is 22.8 Å². The monoisotopic (exact) mass is 373 g/mol. The lowest BCUT2D eigenvalue weighted by molar-refractivity contribution is -0.132. The minimum absolute atomic E-state index is 0.0171. The number of nitrogens with zero attached hydrogens (tertiary/aromatic N) is 1. The zero-order valence-electron chi connectivity index (χ0n) is 15.1. The molecule has 6 heteroatoms. The summed E-state index contributed by atoms with van der Waals surface area (Å²) in [6.45, 7) is 3.23. The molecule has 3 atom stereocenters. The normalized spacial score (nSPS) is 28.0. The van der Waals surface area contributed by atoms with Crippen LogP contribution in [-0.4, -0.2) is 54.2 Å². The summed E-state index contributed by atoms with van der Waals surface area (Å²) >= 11 is 1.70. The van der Waals surface area contributed by atoms with Crippen LogP contribution in [0.2, 0.25) is 0 Å². The Balaban J connectivity index is 1.28. The number of thioether (sulfide) groups is 1. The van der Waals surface area contributed by atoms with Crippen LogP contribution >= 0.6 is 11.8 Å². The number of hydrogen-bond donors (Lipinski definition) is 2. The summed E-state index contributed by atoms with van der Waals surface area (Å²) < 4.78 is 0. The summed E-state index contributed by atoms with van der Waals surface area (Å²) in [4.78, 5) is 28.4. The summed E-state index contributed by atoms with van der Waals surface area (Å²) in [5.41, 5.74) is 1.29. The maximum absolute atomic E-state index is 13.0. The summed E-state index contributed by atoms with van der Waals surface area (Å²) in [7, 11) is 0. The number of amides is 2. The molecule has 0 radical (unpaired) electrons. The first kappa shape index (κ1) is 17.9. The van der Waals surface area contributed by atoms with Gasteiger partial charge in [-0.25, -0.2) is 0 Å². The molecule has 140 valence electrons. The van der Waals surface area contributed by atoms with E-state index in [1.165, 1.54) is 10.5 Å². The number of benzene rings is 1. The summed E-state index contributed by atoms with van der Waals surface area (Å²) in [5, 5.41) is 6.35. The highest BCUT2D eigenvalue weighted by molar-refractivity contribution is 8.01. The van der Waals surface area contributed by atoms with Crippen LogP contribution in [0.3, 0.4) is 0 Å². The highest BCUT2D eigenvalue weighted by Gasteiger charge is 2.33. The van der Waals surface area contributed by atoms with E-state index < -0.39 is 0 Å². The van der Waals surface area contributed by atoms with Gasteiger partial charge >= 0.3 is 0 Å². The van der Waals surface area contributed by atoms with Gasteiger partial charge in [0, 0.05) is 24.5 Å². The van der Waals surface area contributed by atoms with Gasteiger partial charge in [-0.05, 0) is 56.2 Å². The van der Waals surface area contributed by atoms with Gasteiger partial charge in [-0.2, -0.15) is 0 Å². The Labute approximate surface area is 159 Å². The smallest absolute Gasteiger partial charge is 0.237 e. The minimum atomic E-state index is -0.0234. The third-order valence-electron chi connectivity index (χ3n) is 5.70. The molecule has 3 aliphatic rings. The maximum atomic E-state index is 13.0. The molecule has 1 aromatic carbocycles. The third-order valence-corrected chi connectivity index (χ3v) is 7.00. The molecule has 3 heterocycles. The molecule has 2 amide bonds. The fraction of sp³-hybridized carbons (Fsp3) is 0.600. The SMILES string of the molecule is O=C(NCC1CCCN(C(=O)C2Cc3ccccc3S2)C1)C1CCCN1. The number of rotatable bonds is 4. The van der Waals surface area contributed by atoms with Crippen LogP contribution in [0.4, 0.5) is 0 Å². The van der Waals surface area contributed by atoms with E-state index in [9.17, 15) is 9.59 Å². The molecular formula is C20H27N3O2S. The fourth-order valence-corrected chi connectivity index (χ4v) is 5.51. The van der Waals surface area contributed by atoms with Crippen LogP contribution in [0.5, 0.6) is 0 Å². The van der Waals surface area contributed by atoms with E-state index in [1.807, 2.05) is 17.0 Å². The molecule has 2 fully saturated rings. The Morgan fingerprint density at radius 2 is 2.12 bits per heavy atom. The highest BCUT2D eigenvalue weighted by Crippen LogP contribution is 2.38. The molecule has 2 N–H and O–H groups in total. The van der Waals surface area contributed by atoms with Crippen LogP contribution in [0, 0.1) is 5.92 Å². The van der Waals surface area contributed by atoms with Crippen molar-refractivity contribution < 1.29 is 9.59 Å². The Kier molecular flexibility index (Phi) is 5.50. The molecule has 0 bridgehead atoms. The molecule has 3 unspecified atom stereocenters. The molecule has 2 saturated heterocycles. The number of piperidine rings is 1. The summed E-state index contributed by atoms with van der Waals surface area (Å²) in [6.07, 6.45) is 4.95. The number of carbonyl (C=O) groups excluding carboxylic acids is 2. The summed E-state index contributed by atoms with van der Waals surface area (Å²) in [5.74, 6) is 0.749. The zero-order chi connectivity index (χ0) is 17.9. The van der Waals surface area contributed by atoms with Crippen molar-refractivity contribution in [2.75, 3.05) is 26.2 Å². The topological polar surface area (TPSA) is 61.4 Å². The van der Waals surface area contributed by atoms with E-state index >= 15 is 0 Å². The first-order valence-corrected chi connectivity index (χ1v) is 10.6. The number of hydrogen-bond acceptors (Lipinski definition) is 4. The van der Waals surface area contributed by atoms with Crippen molar-refractivity contribution in [1.82, 2.24) is 15.5 Å². The standard InChI is InChI=1S/C20H27N3O2S/c24-19(16-7-3-9-21-16)22-12-14-5-4-10-23(13-14)20(25)18-11-15-6-1-2-8-17(15)26-18/h1-2,6,8,14,16,18,21H,3-5,7,9-13H2,(H,22,24). The van der Waals surface area contributed by atoms with Gasteiger partial charge in [-0.1, -0.05) is 18.2 Å². The molecule has 1 aromatic rings. The van der Waals surface area contributed by atoms with Crippen LogP contribution in [-0.2, 0) is 16.0 Å². The van der Waals surface area contributed by atoms with Gasteiger partial charge in [0.1, 0.15) is 0 Å². The number of fused-ring (bicyclic) bond motifs is 1. The minimum Gasteiger partial charge on any atom is -0.354 e. The van der Waals surface area contributed by atoms with E-state index in [4.69, 9.17) is 0 Å². The Morgan fingerprint density at radius 3 is 2.92 bits per heavy atom. The van der Waals surface area contributed by atoms with Crippen LogP contribution in [0.25, 0.3) is 0 Å². The number of nitrogens with one attached hydrogen (secondary N) is 2. The molecule has 26 heavy (non-hydrogen) atoms. The largest absolute Gasteiger partial charge is 0.354 e.